The summed E-state index contributed by atoms with van der Waals surface area (Å²) in [5.74, 6) is 0.977. The Balaban J connectivity index is 2.42. The van der Waals surface area contributed by atoms with Crippen LogP contribution in [0.3, 0.4) is 0 Å². The lowest BCUT2D eigenvalue weighted by molar-refractivity contribution is 0.407. The summed E-state index contributed by atoms with van der Waals surface area (Å²) in [7, 11) is 1.71. The number of hydrogen-bond acceptors (Lipinski definition) is 1. The number of allylic oxidation sites excluding steroid dienone is 2. The van der Waals surface area contributed by atoms with Crippen molar-refractivity contribution in [2.45, 2.75) is 12.3 Å². The van der Waals surface area contributed by atoms with Gasteiger partial charge in [0.1, 0.15) is 5.75 Å². The topological polar surface area (TPSA) is 9.23 Å². The largest absolute Gasteiger partial charge is 0.496 e. The van der Waals surface area contributed by atoms with Crippen molar-refractivity contribution >= 4 is 0 Å². The van der Waals surface area contributed by atoms with Crippen molar-refractivity contribution in [2.75, 3.05) is 7.11 Å². The highest BCUT2D eigenvalue weighted by Gasteiger charge is 2.32. The molecular weight excluding hydrogens is 148 g/mol. The molecule has 2 rings (SSSR count). The molecule has 12 heavy (non-hydrogen) atoms. The maximum absolute atomic E-state index is 5.27. The van der Waals surface area contributed by atoms with Crippen LogP contribution >= 0.6 is 0 Å². The van der Waals surface area contributed by atoms with Crippen molar-refractivity contribution in [1.29, 1.82) is 0 Å². The van der Waals surface area contributed by atoms with Crippen molar-refractivity contribution in [1.82, 2.24) is 0 Å². The summed E-state index contributed by atoms with van der Waals surface area (Å²) in [4.78, 5) is 0. The van der Waals surface area contributed by atoms with E-state index in [0.717, 1.165) is 5.75 Å². The van der Waals surface area contributed by atoms with Gasteiger partial charge in [0.15, 0.2) is 0 Å². The van der Waals surface area contributed by atoms with Crippen molar-refractivity contribution in [3.8, 4) is 5.75 Å². The molecule has 0 N–H and O–H groups in total. The van der Waals surface area contributed by atoms with Gasteiger partial charge in [-0.1, -0.05) is 30.4 Å². The quantitative estimate of drug-likeness (QED) is 0.604. The van der Waals surface area contributed by atoms with Gasteiger partial charge in [-0.25, -0.2) is 0 Å². The molecule has 0 fully saturated rings. The zero-order valence-electron chi connectivity index (χ0n) is 7.37. The Bertz CT molecular complexity index is 320. The lowest BCUT2D eigenvalue weighted by Crippen LogP contribution is -2.04. The Kier molecular flexibility index (Phi) is 1.47. The molecule has 0 saturated carbocycles. The molecule has 1 nitrogen and oxygen atoms in total. The van der Waals surface area contributed by atoms with E-state index in [-0.39, 0.29) is 5.41 Å². The fourth-order valence-electron chi connectivity index (χ4n) is 1.39. The van der Waals surface area contributed by atoms with E-state index in [0.29, 0.717) is 0 Å². The lowest BCUT2D eigenvalue weighted by Gasteiger charge is -2.13. The first kappa shape index (κ1) is 7.41. The van der Waals surface area contributed by atoms with Crippen LogP contribution < -0.4 is 4.74 Å². The molecule has 0 aromatic heterocycles. The highest BCUT2D eigenvalue weighted by molar-refractivity contribution is 5.52. The van der Waals surface area contributed by atoms with E-state index < -0.39 is 0 Å². The van der Waals surface area contributed by atoms with Crippen LogP contribution in [0.1, 0.15) is 12.5 Å². The molecule has 0 heterocycles. The minimum Gasteiger partial charge on any atom is -0.496 e. The molecule has 0 bridgehead atoms. The van der Waals surface area contributed by atoms with Crippen LogP contribution in [0.2, 0.25) is 0 Å². The van der Waals surface area contributed by atoms with E-state index in [1.54, 1.807) is 7.11 Å². The summed E-state index contributed by atoms with van der Waals surface area (Å²) >= 11 is 0. The number of hydrogen-bond donors (Lipinski definition) is 0. The Labute approximate surface area is 72.7 Å². The Morgan fingerprint density at radius 2 is 1.83 bits per heavy atom. The van der Waals surface area contributed by atoms with E-state index in [4.69, 9.17) is 4.74 Å². The summed E-state index contributed by atoms with van der Waals surface area (Å²) in [5, 5.41) is 0. The fourth-order valence-corrected chi connectivity index (χ4v) is 1.39. The number of rotatable bonds is 2. The van der Waals surface area contributed by atoms with Crippen molar-refractivity contribution in [3.63, 3.8) is 0 Å². The van der Waals surface area contributed by atoms with Crippen LogP contribution in [0, 0.1) is 0 Å². The van der Waals surface area contributed by atoms with Gasteiger partial charge < -0.3 is 4.74 Å². The van der Waals surface area contributed by atoms with E-state index in [1.165, 1.54) is 5.56 Å². The number of ether oxygens (including phenoxy) is 1. The third-order valence-corrected chi connectivity index (χ3v) is 2.35. The third-order valence-electron chi connectivity index (χ3n) is 2.35. The maximum atomic E-state index is 5.27. The van der Waals surface area contributed by atoms with Gasteiger partial charge in [0.05, 0.1) is 7.11 Å². The molecule has 0 spiro atoms. The summed E-state index contributed by atoms with van der Waals surface area (Å²) in [6.07, 6.45) is 4.37. The zero-order valence-corrected chi connectivity index (χ0v) is 7.37. The van der Waals surface area contributed by atoms with Gasteiger partial charge in [-0.05, 0) is 13.0 Å². The molecule has 1 aliphatic rings. The summed E-state index contributed by atoms with van der Waals surface area (Å²) < 4.78 is 5.27. The summed E-state index contributed by atoms with van der Waals surface area (Å²) in [5.41, 5.74) is 1.42. The fraction of sp³-hybridized carbons (Fsp3) is 0.273. The standard InChI is InChI=1S/C11H12O/c1-11(7-8-11)9-5-3-4-6-10(9)12-2/h3-8H,1-2H3. The van der Waals surface area contributed by atoms with Gasteiger partial charge in [-0.15, -0.1) is 0 Å². The Hall–Kier alpha value is -1.24. The van der Waals surface area contributed by atoms with Gasteiger partial charge in [0, 0.05) is 11.0 Å². The number of benzene rings is 1. The predicted molar refractivity (Wildman–Crippen MR) is 49.5 cm³/mol. The highest BCUT2D eigenvalue weighted by Crippen LogP contribution is 2.42. The van der Waals surface area contributed by atoms with Crippen LogP contribution in [0.25, 0.3) is 0 Å². The van der Waals surface area contributed by atoms with E-state index in [2.05, 4.69) is 25.1 Å². The number of para-hydroxylation sites is 1. The number of methoxy groups -OCH3 is 1. The van der Waals surface area contributed by atoms with Gasteiger partial charge in [-0.3, -0.25) is 0 Å². The second kappa shape index (κ2) is 2.37. The van der Waals surface area contributed by atoms with Crippen molar-refractivity contribution in [2.24, 2.45) is 0 Å². The van der Waals surface area contributed by atoms with Crippen LogP contribution in [-0.2, 0) is 5.41 Å². The molecule has 62 valence electrons. The minimum atomic E-state index is 0.159. The smallest absolute Gasteiger partial charge is 0.123 e. The van der Waals surface area contributed by atoms with Crippen LogP contribution in [0.5, 0.6) is 5.75 Å². The second-order valence-electron chi connectivity index (χ2n) is 3.32. The van der Waals surface area contributed by atoms with Gasteiger partial charge in [0.2, 0.25) is 0 Å². The Morgan fingerprint density at radius 3 is 2.42 bits per heavy atom. The first-order valence-electron chi connectivity index (χ1n) is 4.10. The van der Waals surface area contributed by atoms with E-state index in [1.807, 2.05) is 18.2 Å². The molecule has 1 aliphatic carbocycles. The Morgan fingerprint density at radius 1 is 1.17 bits per heavy atom. The van der Waals surface area contributed by atoms with Crippen LogP contribution in [0.4, 0.5) is 0 Å². The van der Waals surface area contributed by atoms with Crippen molar-refractivity contribution in [3.05, 3.63) is 42.0 Å². The first-order valence-corrected chi connectivity index (χ1v) is 4.10. The third kappa shape index (κ3) is 1.02. The molecule has 1 aromatic rings. The SMILES string of the molecule is COc1ccccc1C1(C)C=C1. The average Bonchev–Trinajstić information content (AvgIpc) is 2.85. The second-order valence-corrected chi connectivity index (χ2v) is 3.32. The van der Waals surface area contributed by atoms with Crippen molar-refractivity contribution < 1.29 is 4.74 Å². The molecule has 0 radical (unpaired) electrons. The molecule has 0 amide bonds. The van der Waals surface area contributed by atoms with Gasteiger partial charge in [-0.2, -0.15) is 0 Å². The van der Waals surface area contributed by atoms with Crippen LogP contribution in [0.15, 0.2) is 36.4 Å². The maximum Gasteiger partial charge on any atom is 0.123 e. The molecule has 0 aliphatic heterocycles. The molecule has 0 unspecified atom stereocenters. The average molecular weight is 160 g/mol. The molecule has 1 heteroatoms. The summed E-state index contributed by atoms with van der Waals surface area (Å²) in [6, 6.07) is 8.15. The molecule has 0 atom stereocenters. The normalized spacial score (nSPS) is 17.5. The zero-order chi connectivity index (χ0) is 8.60. The highest BCUT2D eigenvalue weighted by atomic mass is 16.5. The summed E-state index contributed by atoms with van der Waals surface area (Å²) in [6.45, 7) is 2.19. The molecule has 1 aromatic carbocycles. The predicted octanol–water partition coefficient (Wildman–Crippen LogP) is 2.52. The van der Waals surface area contributed by atoms with Gasteiger partial charge >= 0.3 is 0 Å². The van der Waals surface area contributed by atoms with E-state index >= 15 is 0 Å². The lowest BCUT2D eigenvalue weighted by atomic mass is 9.95. The monoisotopic (exact) mass is 160 g/mol. The minimum absolute atomic E-state index is 0.159. The van der Waals surface area contributed by atoms with Crippen LogP contribution in [-0.4, -0.2) is 7.11 Å². The molecular formula is C11H12O. The first-order chi connectivity index (χ1) is 5.76. The molecule has 0 saturated heterocycles. The van der Waals surface area contributed by atoms with Gasteiger partial charge in [0.25, 0.3) is 0 Å². The van der Waals surface area contributed by atoms with E-state index in [9.17, 15) is 0 Å².